The van der Waals surface area contributed by atoms with Crippen molar-refractivity contribution >= 4 is 57.2 Å². The van der Waals surface area contributed by atoms with Crippen molar-refractivity contribution in [3.05, 3.63) is 59.4 Å². The number of benzene rings is 2. The van der Waals surface area contributed by atoms with Gasteiger partial charge in [-0.3, -0.25) is 9.59 Å². The number of hydrogen-bond donors (Lipinski definition) is 4. The van der Waals surface area contributed by atoms with E-state index in [0.29, 0.717) is 27.9 Å². The topological polar surface area (TPSA) is 178 Å². The molecular weight excluding hydrogens is 510 g/mol. The van der Waals surface area contributed by atoms with E-state index in [0.717, 1.165) is 5.56 Å². The number of aromatic nitrogens is 1. The second-order valence-corrected chi connectivity index (χ2v) is 9.16. The molecule has 0 aliphatic heterocycles. The Bertz CT molecular complexity index is 1150. The molecule has 0 saturated carbocycles. The minimum absolute atomic E-state index is 0. The summed E-state index contributed by atoms with van der Waals surface area (Å²) in [5.74, 6) is 0.902. The lowest BCUT2D eigenvalue weighted by Crippen LogP contribution is -1.99. The first-order valence-corrected chi connectivity index (χ1v) is 11.5. The Morgan fingerprint density at radius 3 is 1.91 bits per heavy atom. The summed E-state index contributed by atoms with van der Waals surface area (Å²) in [6, 6.07) is 13.9. The van der Waals surface area contributed by atoms with Crippen molar-refractivity contribution in [3.8, 4) is 22.6 Å². The van der Waals surface area contributed by atoms with E-state index < -0.39 is 20.3 Å². The average molecular weight is 536 g/mol. The van der Waals surface area contributed by atoms with Gasteiger partial charge in [-0.25, -0.2) is 13.4 Å². The number of oxazole rings is 1. The molecule has 1 heterocycles. The largest absolute Gasteiger partial charge is 0.440 e. The lowest BCUT2D eigenvalue weighted by Gasteiger charge is -2.07. The van der Waals surface area contributed by atoms with Crippen LogP contribution in [-0.4, -0.2) is 35.6 Å². The molecule has 3 aromatic rings. The van der Waals surface area contributed by atoms with Gasteiger partial charge in [0.1, 0.15) is 5.69 Å². The standard InChI is InChI=1S/C17H14ClNO3S.2CH3NOS.CH4.H2O/c1-11-19-16(12-7-9-13(18)10-8-12)17(22-11)14-5-3-4-6-15(14)23(2,20)21;2*2-1(3)4;;/h3-10H,1-2H3;2*(H3,2,3,4);1H4;1H2. The highest BCUT2D eigenvalue weighted by Gasteiger charge is 2.21. The first kappa shape index (κ1) is 32.7. The lowest BCUT2D eigenvalue weighted by atomic mass is 10.1. The number of amides is 2. The molecule has 33 heavy (non-hydrogen) atoms. The maximum absolute atomic E-state index is 12.0. The molecule has 0 unspecified atom stereocenters. The minimum Gasteiger partial charge on any atom is -0.440 e. The molecule has 0 aliphatic rings. The van der Waals surface area contributed by atoms with E-state index in [1.165, 1.54) is 6.26 Å². The highest BCUT2D eigenvalue weighted by molar-refractivity contribution is 7.96. The molecule has 1 aromatic heterocycles. The first-order chi connectivity index (χ1) is 14.3. The van der Waals surface area contributed by atoms with Crippen LogP contribution < -0.4 is 11.5 Å². The maximum atomic E-state index is 12.0. The van der Waals surface area contributed by atoms with Gasteiger partial charge >= 0.3 is 0 Å². The number of thiol groups is 2. The highest BCUT2D eigenvalue weighted by Crippen LogP contribution is 2.36. The van der Waals surface area contributed by atoms with Crippen molar-refractivity contribution in [3.63, 3.8) is 0 Å². The molecule has 0 radical (unpaired) electrons. The molecule has 0 bridgehead atoms. The molecule has 0 fully saturated rings. The molecule has 0 saturated heterocycles. The predicted molar refractivity (Wildman–Crippen MR) is 138 cm³/mol. The van der Waals surface area contributed by atoms with Gasteiger partial charge in [-0.1, -0.05) is 68.6 Å². The molecule has 9 nitrogen and oxygen atoms in total. The van der Waals surface area contributed by atoms with Crippen LogP contribution in [0.15, 0.2) is 57.8 Å². The highest BCUT2D eigenvalue weighted by atomic mass is 35.5. The number of rotatable bonds is 3. The Morgan fingerprint density at radius 2 is 1.45 bits per heavy atom. The van der Waals surface area contributed by atoms with Crippen LogP contribution in [0.3, 0.4) is 0 Å². The van der Waals surface area contributed by atoms with Crippen LogP contribution in [0.25, 0.3) is 22.6 Å². The maximum Gasteiger partial charge on any atom is 0.273 e. The summed E-state index contributed by atoms with van der Waals surface area (Å²) in [6.45, 7) is 1.73. The minimum atomic E-state index is -3.39. The van der Waals surface area contributed by atoms with Gasteiger partial charge in [-0.2, -0.15) is 0 Å². The predicted octanol–water partition coefficient (Wildman–Crippen LogP) is 4.18. The van der Waals surface area contributed by atoms with Crippen LogP contribution in [0.4, 0.5) is 9.59 Å². The molecule has 13 heteroatoms. The first-order valence-electron chi connectivity index (χ1n) is 8.32. The average Bonchev–Trinajstić information content (AvgIpc) is 3.02. The summed E-state index contributed by atoms with van der Waals surface area (Å²) < 4.78 is 29.8. The summed E-state index contributed by atoms with van der Waals surface area (Å²) in [5.41, 5.74) is 10.6. The number of hydrogen-bond acceptors (Lipinski definition) is 6. The van der Waals surface area contributed by atoms with Crippen LogP contribution in [0.1, 0.15) is 13.3 Å². The van der Waals surface area contributed by atoms with E-state index >= 15 is 0 Å². The molecule has 0 aliphatic carbocycles. The SMILES string of the molecule is C.Cc1nc(-c2ccc(Cl)cc2)c(-c2ccccc2S(C)(=O)=O)o1.NC(=O)S.NC(=O)S.O. The van der Waals surface area contributed by atoms with Crippen LogP contribution >= 0.6 is 36.9 Å². The second kappa shape index (κ2) is 14.6. The molecule has 0 atom stereocenters. The summed E-state index contributed by atoms with van der Waals surface area (Å²) >= 11 is 12.1. The third-order valence-electron chi connectivity index (χ3n) is 3.38. The second-order valence-electron chi connectivity index (χ2n) is 5.86. The number of nitrogens with two attached hydrogens (primary N) is 2. The number of halogens is 1. The van der Waals surface area contributed by atoms with Gasteiger partial charge in [0.2, 0.25) is 0 Å². The van der Waals surface area contributed by atoms with Gasteiger partial charge in [-0.15, -0.1) is 0 Å². The number of carbonyl (C=O) groups excluding carboxylic acids is 2. The quantitative estimate of drug-likeness (QED) is 0.365. The number of primary amides is 2. The fraction of sp³-hybridized carbons (Fsp3) is 0.150. The zero-order valence-corrected chi connectivity index (χ0v) is 20.3. The molecular formula is C20H26ClN3O6S3. The van der Waals surface area contributed by atoms with Crippen molar-refractivity contribution < 1.29 is 27.9 Å². The third-order valence-corrected chi connectivity index (χ3v) is 4.79. The Morgan fingerprint density at radius 1 is 1.00 bits per heavy atom. The van der Waals surface area contributed by atoms with Crippen molar-refractivity contribution in [1.82, 2.24) is 4.98 Å². The van der Waals surface area contributed by atoms with Gasteiger partial charge in [0.15, 0.2) is 21.5 Å². The van der Waals surface area contributed by atoms with Crippen molar-refractivity contribution in [1.29, 1.82) is 0 Å². The van der Waals surface area contributed by atoms with Gasteiger partial charge in [0.05, 0.1) is 4.90 Å². The normalized spacial score (nSPS) is 9.61. The fourth-order valence-corrected chi connectivity index (χ4v) is 3.40. The molecule has 182 valence electrons. The van der Waals surface area contributed by atoms with E-state index in [9.17, 15) is 8.42 Å². The number of nitrogens with zero attached hydrogens (tertiary/aromatic N) is 1. The number of carbonyl (C=O) groups is 2. The molecule has 6 N–H and O–H groups in total. The van der Waals surface area contributed by atoms with Crippen LogP contribution in [0, 0.1) is 6.92 Å². The smallest absolute Gasteiger partial charge is 0.273 e. The van der Waals surface area contributed by atoms with Gasteiger partial charge in [0.25, 0.3) is 10.5 Å². The summed E-state index contributed by atoms with van der Waals surface area (Å²) in [6.07, 6.45) is 1.18. The number of sulfone groups is 1. The Kier molecular flexibility index (Phi) is 14.5. The monoisotopic (exact) mass is 535 g/mol. The van der Waals surface area contributed by atoms with Crippen LogP contribution in [-0.2, 0) is 9.84 Å². The molecule has 3 rings (SSSR count). The molecule has 0 spiro atoms. The third kappa shape index (κ3) is 11.3. The van der Waals surface area contributed by atoms with E-state index in [-0.39, 0.29) is 17.8 Å². The summed E-state index contributed by atoms with van der Waals surface area (Å²) in [7, 11) is -3.39. The zero-order chi connectivity index (χ0) is 23.8. The number of aryl methyl sites for hydroxylation is 1. The Hall–Kier alpha value is -2.51. The Balaban J connectivity index is 0. The van der Waals surface area contributed by atoms with E-state index in [4.69, 9.17) is 25.6 Å². The van der Waals surface area contributed by atoms with Crippen molar-refractivity contribution in [2.24, 2.45) is 11.5 Å². The van der Waals surface area contributed by atoms with Crippen molar-refractivity contribution in [2.75, 3.05) is 6.26 Å². The summed E-state index contributed by atoms with van der Waals surface area (Å²) in [4.78, 5) is 22.8. The van der Waals surface area contributed by atoms with Crippen LogP contribution in [0.2, 0.25) is 5.02 Å². The van der Waals surface area contributed by atoms with Gasteiger partial charge in [-0.05, 0) is 24.3 Å². The zero-order valence-electron chi connectivity index (χ0n) is 16.9. The van der Waals surface area contributed by atoms with Gasteiger partial charge in [0, 0.05) is 29.3 Å². The van der Waals surface area contributed by atoms with Crippen molar-refractivity contribution in [2.45, 2.75) is 19.2 Å². The van der Waals surface area contributed by atoms with Gasteiger partial charge < -0.3 is 21.4 Å². The Labute approximate surface area is 208 Å². The van der Waals surface area contributed by atoms with E-state index in [2.05, 4.69) is 41.7 Å². The van der Waals surface area contributed by atoms with Crippen LogP contribution in [0.5, 0.6) is 0 Å². The van der Waals surface area contributed by atoms with E-state index in [1.807, 2.05) is 12.1 Å². The molecule has 2 amide bonds. The molecule has 2 aromatic carbocycles. The van der Waals surface area contributed by atoms with E-state index in [1.54, 1.807) is 43.3 Å². The summed E-state index contributed by atoms with van der Waals surface area (Å²) in [5, 5.41) is -0.660. The lowest BCUT2D eigenvalue weighted by molar-refractivity contribution is 0.266. The fourth-order valence-electron chi connectivity index (χ4n) is 2.39.